The number of hydrogen-bond acceptors (Lipinski definition) is 2. The summed E-state index contributed by atoms with van der Waals surface area (Å²) in [6.07, 6.45) is 17.9. The fourth-order valence-corrected chi connectivity index (χ4v) is 5.77. The molecule has 0 radical (unpaired) electrons. The molecule has 0 aliphatic heterocycles. The molecule has 0 saturated heterocycles. The van der Waals surface area contributed by atoms with Gasteiger partial charge in [-0.1, -0.05) is 103 Å². The van der Waals surface area contributed by atoms with E-state index in [1.54, 1.807) is 18.2 Å². The van der Waals surface area contributed by atoms with E-state index in [1.165, 1.54) is 70.6 Å². The summed E-state index contributed by atoms with van der Waals surface area (Å²) in [5, 5.41) is 0. The molecule has 0 heterocycles. The van der Waals surface area contributed by atoms with Crippen LogP contribution in [0.5, 0.6) is 0 Å². The first-order valence-electron chi connectivity index (χ1n) is 10.5. The molecular formula is C22H37BrO2S. The molecule has 0 aliphatic rings. The molecule has 0 saturated carbocycles. The standard InChI is InChI=1S/C22H37BrO2S/c1-2-3-4-5-6-7-8-9-10-11-12-13-14-17-20-26(24,25)22-19-16-15-18-21(22)23/h15-16,18-19H,2-14,17,20H2,1H3. The summed E-state index contributed by atoms with van der Waals surface area (Å²) < 4.78 is 25.4. The Balaban J connectivity index is 1.96. The van der Waals surface area contributed by atoms with Crippen LogP contribution in [0.3, 0.4) is 0 Å². The summed E-state index contributed by atoms with van der Waals surface area (Å²) in [5.74, 6) is 0.258. The van der Waals surface area contributed by atoms with Crippen LogP contribution in [0.1, 0.15) is 96.8 Å². The van der Waals surface area contributed by atoms with Gasteiger partial charge in [0.1, 0.15) is 0 Å². The second-order valence-electron chi connectivity index (χ2n) is 7.35. The minimum absolute atomic E-state index is 0.258. The average molecular weight is 446 g/mol. The molecule has 1 aromatic carbocycles. The van der Waals surface area contributed by atoms with Gasteiger partial charge >= 0.3 is 0 Å². The van der Waals surface area contributed by atoms with Crippen molar-refractivity contribution < 1.29 is 8.42 Å². The molecule has 4 heteroatoms. The quantitative estimate of drug-likeness (QED) is 0.244. The molecule has 1 rings (SSSR count). The van der Waals surface area contributed by atoms with Crippen molar-refractivity contribution in [3.05, 3.63) is 28.7 Å². The monoisotopic (exact) mass is 444 g/mol. The van der Waals surface area contributed by atoms with Crippen molar-refractivity contribution in [1.29, 1.82) is 0 Å². The second-order valence-corrected chi connectivity index (χ2v) is 10.3. The first-order chi connectivity index (χ1) is 12.6. The van der Waals surface area contributed by atoms with Gasteiger partial charge in [-0.3, -0.25) is 0 Å². The SMILES string of the molecule is CCCCCCCCCCCCCCCCS(=O)(=O)c1ccccc1Br. The molecular weight excluding hydrogens is 408 g/mol. The number of unbranched alkanes of at least 4 members (excludes halogenated alkanes) is 13. The zero-order valence-corrected chi connectivity index (χ0v) is 18.9. The summed E-state index contributed by atoms with van der Waals surface area (Å²) >= 11 is 3.34. The van der Waals surface area contributed by atoms with Gasteiger partial charge in [0, 0.05) is 4.47 Å². The Bertz CT molecular complexity index is 569. The summed E-state index contributed by atoms with van der Waals surface area (Å²) in [5.41, 5.74) is 0. The lowest BCUT2D eigenvalue weighted by Gasteiger charge is -2.06. The van der Waals surface area contributed by atoms with Crippen molar-refractivity contribution in [2.45, 2.75) is 102 Å². The van der Waals surface area contributed by atoms with Crippen molar-refractivity contribution in [1.82, 2.24) is 0 Å². The molecule has 0 fully saturated rings. The number of hydrogen-bond donors (Lipinski definition) is 0. The van der Waals surface area contributed by atoms with Crippen LogP contribution >= 0.6 is 15.9 Å². The third-order valence-electron chi connectivity index (χ3n) is 4.94. The Morgan fingerprint density at radius 3 is 1.58 bits per heavy atom. The van der Waals surface area contributed by atoms with Crippen molar-refractivity contribution in [3.8, 4) is 0 Å². The number of benzene rings is 1. The Morgan fingerprint density at radius 2 is 1.12 bits per heavy atom. The highest BCUT2D eigenvalue weighted by Crippen LogP contribution is 2.23. The Labute approximate surface area is 170 Å². The van der Waals surface area contributed by atoms with Crippen LogP contribution in [-0.2, 0) is 9.84 Å². The Hall–Kier alpha value is -0.350. The molecule has 0 atom stereocenters. The molecule has 0 amide bonds. The molecule has 0 aliphatic carbocycles. The van der Waals surface area contributed by atoms with Crippen LogP contribution in [0.25, 0.3) is 0 Å². The zero-order chi connectivity index (χ0) is 19.1. The van der Waals surface area contributed by atoms with E-state index < -0.39 is 9.84 Å². The van der Waals surface area contributed by atoms with E-state index in [1.807, 2.05) is 6.07 Å². The van der Waals surface area contributed by atoms with Gasteiger partial charge in [-0.05, 0) is 34.5 Å². The number of sulfone groups is 1. The van der Waals surface area contributed by atoms with Crippen molar-refractivity contribution in [2.24, 2.45) is 0 Å². The lowest BCUT2D eigenvalue weighted by Crippen LogP contribution is -2.07. The molecule has 0 bridgehead atoms. The molecule has 0 unspecified atom stereocenters. The molecule has 0 spiro atoms. The third kappa shape index (κ3) is 10.7. The van der Waals surface area contributed by atoms with Gasteiger partial charge in [-0.15, -0.1) is 0 Å². The van der Waals surface area contributed by atoms with E-state index in [0.29, 0.717) is 9.37 Å². The van der Waals surface area contributed by atoms with Crippen molar-refractivity contribution >= 4 is 25.8 Å². The van der Waals surface area contributed by atoms with Gasteiger partial charge in [-0.25, -0.2) is 8.42 Å². The molecule has 0 N–H and O–H groups in total. The van der Waals surface area contributed by atoms with Gasteiger partial charge in [0.25, 0.3) is 0 Å². The third-order valence-corrected chi connectivity index (χ3v) is 7.74. The summed E-state index contributed by atoms with van der Waals surface area (Å²) in [7, 11) is -3.15. The normalized spacial score (nSPS) is 11.8. The highest BCUT2D eigenvalue weighted by molar-refractivity contribution is 9.10. The van der Waals surface area contributed by atoms with E-state index in [2.05, 4.69) is 22.9 Å². The minimum atomic E-state index is -3.15. The number of halogens is 1. The topological polar surface area (TPSA) is 34.1 Å². The van der Waals surface area contributed by atoms with Crippen LogP contribution in [0, 0.1) is 0 Å². The summed E-state index contributed by atoms with van der Waals surface area (Å²) in [6, 6.07) is 7.10. The van der Waals surface area contributed by atoms with Crippen molar-refractivity contribution in [2.75, 3.05) is 5.75 Å². The fraction of sp³-hybridized carbons (Fsp3) is 0.727. The maximum absolute atomic E-state index is 12.3. The minimum Gasteiger partial charge on any atom is -0.224 e. The first kappa shape index (κ1) is 23.7. The van der Waals surface area contributed by atoms with Crippen LogP contribution in [-0.4, -0.2) is 14.2 Å². The largest absolute Gasteiger partial charge is 0.224 e. The Kier molecular flexibility index (Phi) is 13.4. The van der Waals surface area contributed by atoms with Crippen LogP contribution in [0.2, 0.25) is 0 Å². The molecule has 1 aromatic rings. The molecule has 26 heavy (non-hydrogen) atoms. The predicted molar refractivity (Wildman–Crippen MR) is 117 cm³/mol. The maximum atomic E-state index is 12.3. The molecule has 0 aromatic heterocycles. The van der Waals surface area contributed by atoms with E-state index in [9.17, 15) is 8.42 Å². The lowest BCUT2D eigenvalue weighted by molar-refractivity contribution is 0.537. The van der Waals surface area contributed by atoms with Gasteiger partial charge < -0.3 is 0 Å². The number of rotatable bonds is 16. The van der Waals surface area contributed by atoms with E-state index in [0.717, 1.165) is 19.3 Å². The predicted octanol–water partition coefficient (Wildman–Crippen LogP) is 7.70. The van der Waals surface area contributed by atoms with Gasteiger partial charge in [0.05, 0.1) is 10.6 Å². The lowest BCUT2D eigenvalue weighted by atomic mass is 10.0. The highest BCUT2D eigenvalue weighted by Gasteiger charge is 2.16. The van der Waals surface area contributed by atoms with E-state index in [-0.39, 0.29) is 5.75 Å². The fourth-order valence-electron chi connectivity index (χ4n) is 3.29. The Morgan fingerprint density at radius 1 is 0.692 bits per heavy atom. The smallest absolute Gasteiger partial charge is 0.179 e. The zero-order valence-electron chi connectivity index (χ0n) is 16.5. The molecule has 2 nitrogen and oxygen atoms in total. The average Bonchev–Trinajstić information content (AvgIpc) is 2.62. The summed E-state index contributed by atoms with van der Waals surface area (Å²) in [6.45, 7) is 2.27. The van der Waals surface area contributed by atoms with Gasteiger partial charge in [0.15, 0.2) is 9.84 Å². The van der Waals surface area contributed by atoms with Crippen LogP contribution in [0.4, 0.5) is 0 Å². The van der Waals surface area contributed by atoms with E-state index >= 15 is 0 Å². The maximum Gasteiger partial charge on any atom is 0.179 e. The van der Waals surface area contributed by atoms with E-state index in [4.69, 9.17) is 0 Å². The molecule has 150 valence electrons. The summed E-state index contributed by atoms with van der Waals surface area (Å²) in [4.78, 5) is 0.426. The van der Waals surface area contributed by atoms with Gasteiger partial charge in [-0.2, -0.15) is 0 Å². The van der Waals surface area contributed by atoms with Crippen molar-refractivity contribution in [3.63, 3.8) is 0 Å². The van der Waals surface area contributed by atoms with Crippen LogP contribution < -0.4 is 0 Å². The van der Waals surface area contributed by atoms with Gasteiger partial charge in [0.2, 0.25) is 0 Å². The van der Waals surface area contributed by atoms with Crippen LogP contribution in [0.15, 0.2) is 33.6 Å². The second kappa shape index (κ2) is 14.7. The first-order valence-corrected chi connectivity index (χ1v) is 13.0. The highest BCUT2D eigenvalue weighted by atomic mass is 79.9.